The summed E-state index contributed by atoms with van der Waals surface area (Å²) < 4.78 is 14.8. The molecule has 4 atom stereocenters. The van der Waals surface area contributed by atoms with Crippen molar-refractivity contribution in [3.63, 3.8) is 0 Å². The van der Waals surface area contributed by atoms with Crippen LogP contribution >= 0.6 is 0 Å². The van der Waals surface area contributed by atoms with Crippen molar-refractivity contribution >= 4 is 23.3 Å². The second-order valence-corrected chi connectivity index (χ2v) is 11.5. The Morgan fingerprint density at radius 2 is 1.57 bits per heavy atom. The van der Waals surface area contributed by atoms with Crippen molar-refractivity contribution < 1.29 is 24.4 Å². The zero-order valence-corrected chi connectivity index (χ0v) is 26.1. The zero-order valence-electron chi connectivity index (χ0n) is 26.1. The standard InChI is InChI=1S/C35H37N5O6/c1-23(2)20-36-33-38-31-28(32(42)39-33)37-22-40(31)35(30(41)29(43-3)27(46-35)21-45-44-4)34(24-14-8-5-9-15-24,25-16-10-6-11-17-25)26-18-12-7-13-19-26/h5-20,22-23,27,29-30,41H,21H2,1-4H3,(H,38,39,42)/t27-,29-,30-,35+/m1/s1. The lowest BCUT2D eigenvalue weighted by atomic mass is 9.60. The van der Waals surface area contributed by atoms with Crippen molar-refractivity contribution in [1.82, 2.24) is 19.5 Å². The number of fused-ring (bicyclic) bond motifs is 1. The summed E-state index contributed by atoms with van der Waals surface area (Å²) in [4.78, 5) is 40.3. The van der Waals surface area contributed by atoms with E-state index < -0.39 is 35.0 Å². The molecule has 11 nitrogen and oxygen atoms in total. The largest absolute Gasteiger partial charge is 0.385 e. The fourth-order valence-corrected chi connectivity index (χ4v) is 6.64. The third-order valence-electron chi connectivity index (χ3n) is 8.44. The van der Waals surface area contributed by atoms with Crippen molar-refractivity contribution in [3.8, 4) is 0 Å². The maximum atomic E-state index is 13.4. The van der Waals surface area contributed by atoms with Gasteiger partial charge in [0.05, 0.1) is 18.9 Å². The van der Waals surface area contributed by atoms with Crippen LogP contribution in [-0.4, -0.2) is 70.0 Å². The normalized spacial score (nSPS) is 21.9. The van der Waals surface area contributed by atoms with Crippen LogP contribution in [0.1, 0.15) is 30.5 Å². The molecule has 0 amide bonds. The van der Waals surface area contributed by atoms with E-state index in [-0.39, 0.29) is 29.6 Å². The van der Waals surface area contributed by atoms with E-state index in [1.165, 1.54) is 20.5 Å². The van der Waals surface area contributed by atoms with Gasteiger partial charge >= 0.3 is 0 Å². The first kappa shape index (κ1) is 31.5. The molecule has 6 rings (SSSR count). The minimum Gasteiger partial charge on any atom is -0.385 e. The van der Waals surface area contributed by atoms with Crippen LogP contribution in [0, 0.1) is 5.92 Å². The van der Waals surface area contributed by atoms with Crippen molar-refractivity contribution in [3.05, 3.63) is 124 Å². The van der Waals surface area contributed by atoms with E-state index >= 15 is 0 Å². The highest BCUT2D eigenvalue weighted by molar-refractivity contribution is 5.73. The summed E-state index contributed by atoms with van der Waals surface area (Å²) in [5.74, 6) is 0.214. The van der Waals surface area contributed by atoms with Gasteiger partial charge < -0.3 is 14.6 Å². The monoisotopic (exact) mass is 623 g/mol. The van der Waals surface area contributed by atoms with E-state index in [4.69, 9.17) is 24.2 Å². The molecular weight excluding hydrogens is 586 g/mol. The molecule has 2 aromatic heterocycles. The molecule has 5 aromatic rings. The van der Waals surface area contributed by atoms with Crippen molar-refractivity contribution in [2.75, 3.05) is 20.8 Å². The summed E-state index contributed by atoms with van der Waals surface area (Å²) >= 11 is 0. The predicted octanol–water partition coefficient (Wildman–Crippen LogP) is 4.52. The number of nitrogens with zero attached hydrogens (tertiary/aromatic N) is 4. The number of hydrogen-bond acceptors (Lipinski definition) is 9. The SMILES string of the molecule is COOC[C@H]1O[C@](n2cnc3c(=O)[nH]c(N=CC(C)C)nc32)(C(c2ccccc2)(c2ccccc2)c2ccccc2)[C@H](O)[C@@H]1OC. The number of aliphatic imine (C=N–C) groups is 1. The van der Waals surface area contributed by atoms with E-state index in [0.717, 1.165) is 16.7 Å². The van der Waals surface area contributed by atoms with Crippen LogP contribution in [0.25, 0.3) is 11.2 Å². The summed E-state index contributed by atoms with van der Waals surface area (Å²) in [6, 6.07) is 29.4. The molecule has 3 aromatic carbocycles. The lowest BCUT2D eigenvalue weighted by Crippen LogP contribution is -2.61. The molecule has 1 aliphatic heterocycles. The molecule has 0 unspecified atom stereocenters. The fourth-order valence-electron chi connectivity index (χ4n) is 6.64. The molecule has 0 aliphatic carbocycles. The summed E-state index contributed by atoms with van der Waals surface area (Å²) in [6.45, 7) is 3.89. The van der Waals surface area contributed by atoms with E-state index in [2.05, 4.69) is 15.0 Å². The van der Waals surface area contributed by atoms with Crippen LogP contribution < -0.4 is 5.56 Å². The van der Waals surface area contributed by atoms with E-state index in [9.17, 15) is 9.90 Å². The van der Waals surface area contributed by atoms with Crippen LogP contribution in [0.4, 0.5) is 5.95 Å². The summed E-state index contributed by atoms with van der Waals surface area (Å²) in [5.41, 5.74) is -0.878. The van der Waals surface area contributed by atoms with Crippen molar-refractivity contribution in [2.45, 2.75) is 43.3 Å². The highest BCUT2D eigenvalue weighted by Crippen LogP contribution is 2.58. The molecule has 0 bridgehead atoms. The van der Waals surface area contributed by atoms with Gasteiger partial charge in [0.2, 0.25) is 5.95 Å². The molecule has 1 saturated heterocycles. The number of methoxy groups -OCH3 is 1. The average Bonchev–Trinajstić information content (AvgIpc) is 3.64. The molecular formula is C35H37N5O6. The average molecular weight is 624 g/mol. The van der Waals surface area contributed by atoms with Crippen LogP contribution in [-0.2, 0) is 30.4 Å². The number of hydrogen-bond donors (Lipinski definition) is 2. The smallest absolute Gasteiger partial charge is 0.280 e. The number of rotatable bonds is 11. The number of ether oxygens (including phenoxy) is 2. The van der Waals surface area contributed by atoms with E-state index in [1.807, 2.05) is 105 Å². The van der Waals surface area contributed by atoms with E-state index in [0.29, 0.717) is 0 Å². The maximum Gasteiger partial charge on any atom is 0.280 e. The zero-order chi connectivity index (χ0) is 32.3. The summed E-state index contributed by atoms with van der Waals surface area (Å²) in [5, 5.41) is 12.8. The van der Waals surface area contributed by atoms with Crippen LogP contribution in [0.2, 0.25) is 0 Å². The Balaban J connectivity index is 1.80. The van der Waals surface area contributed by atoms with Gasteiger partial charge in [-0.25, -0.2) is 19.8 Å². The summed E-state index contributed by atoms with van der Waals surface area (Å²) in [6.07, 6.45) is 0.0894. The Hall–Kier alpha value is -4.52. The van der Waals surface area contributed by atoms with E-state index in [1.54, 1.807) is 10.8 Å². The highest BCUT2D eigenvalue weighted by Gasteiger charge is 2.69. The van der Waals surface area contributed by atoms with Gasteiger partial charge in [0, 0.05) is 13.3 Å². The lowest BCUT2D eigenvalue weighted by molar-refractivity contribution is -0.296. The van der Waals surface area contributed by atoms with Gasteiger partial charge in [-0.05, 0) is 22.6 Å². The molecule has 3 heterocycles. The Kier molecular flexibility index (Phi) is 8.94. The topological polar surface area (TPSA) is 133 Å². The molecule has 2 N–H and O–H groups in total. The predicted molar refractivity (Wildman–Crippen MR) is 173 cm³/mol. The minimum atomic E-state index is -1.77. The first-order valence-corrected chi connectivity index (χ1v) is 15.1. The number of aliphatic hydroxyl groups is 1. The number of benzene rings is 3. The number of aliphatic hydroxyl groups excluding tert-OH is 1. The van der Waals surface area contributed by atoms with Crippen molar-refractivity contribution in [2.24, 2.45) is 10.9 Å². The van der Waals surface area contributed by atoms with Gasteiger partial charge in [-0.15, -0.1) is 0 Å². The lowest BCUT2D eigenvalue weighted by Gasteiger charge is -2.51. The first-order valence-electron chi connectivity index (χ1n) is 15.1. The van der Waals surface area contributed by atoms with Gasteiger partial charge in [-0.2, -0.15) is 4.98 Å². The van der Waals surface area contributed by atoms with Gasteiger partial charge in [0.15, 0.2) is 16.9 Å². The van der Waals surface area contributed by atoms with Crippen LogP contribution in [0.5, 0.6) is 0 Å². The number of imidazole rings is 1. The molecule has 0 spiro atoms. The Labute approximate surface area is 266 Å². The van der Waals surface area contributed by atoms with Gasteiger partial charge in [-0.3, -0.25) is 14.3 Å². The molecule has 46 heavy (non-hydrogen) atoms. The fraction of sp³-hybridized carbons (Fsp3) is 0.314. The Morgan fingerprint density at radius 3 is 2.07 bits per heavy atom. The van der Waals surface area contributed by atoms with Gasteiger partial charge in [0.1, 0.15) is 24.9 Å². The molecule has 11 heteroatoms. The molecule has 238 valence electrons. The second kappa shape index (κ2) is 13.1. The van der Waals surface area contributed by atoms with Crippen LogP contribution in [0.15, 0.2) is 107 Å². The van der Waals surface area contributed by atoms with Gasteiger partial charge in [-0.1, -0.05) is 105 Å². The number of aromatic amines is 1. The third kappa shape index (κ3) is 5.06. The highest BCUT2D eigenvalue weighted by atomic mass is 17.2. The molecule has 1 aliphatic rings. The van der Waals surface area contributed by atoms with Gasteiger partial charge in [0.25, 0.3) is 5.56 Å². The molecule has 0 saturated carbocycles. The second-order valence-electron chi connectivity index (χ2n) is 11.5. The quantitative estimate of drug-likeness (QED) is 0.0950. The Morgan fingerprint density at radius 1 is 1.00 bits per heavy atom. The Bertz CT molecular complexity index is 1750. The molecule has 0 radical (unpaired) electrons. The minimum absolute atomic E-state index is 0.0623. The first-order chi connectivity index (χ1) is 22.4. The maximum absolute atomic E-state index is 13.4. The number of nitrogens with one attached hydrogen (secondary N) is 1. The number of H-pyrrole nitrogens is 1. The van der Waals surface area contributed by atoms with Crippen LogP contribution in [0.3, 0.4) is 0 Å². The van der Waals surface area contributed by atoms with Crippen molar-refractivity contribution in [1.29, 1.82) is 0 Å². The third-order valence-corrected chi connectivity index (χ3v) is 8.44. The summed E-state index contributed by atoms with van der Waals surface area (Å²) in [7, 11) is 2.91. The molecule has 1 fully saturated rings. The number of aromatic nitrogens is 4.